The number of hydrogen-bond acceptors (Lipinski definition) is 2. The summed E-state index contributed by atoms with van der Waals surface area (Å²) in [6.07, 6.45) is 1.21. The van der Waals surface area contributed by atoms with Crippen molar-refractivity contribution in [1.29, 1.82) is 0 Å². The number of hydrogen-bond donors (Lipinski definition) is 1. The van der Waals surface area contributed by atoms with E-state index < -0.39 is 0 Å². The van der Waals surface area contributed by atoms with Gasteiger partial charge >= 0.3 is 0 Å². The Kier molecular flexibility index (Phi) is 4.23. The van der Waals surface area contributed by atoms with E-state index in [2.05, 4.69) is 59.4 Å². The van der Waals surface area contributed by atoms with Gasteiger partial charge in [0.15, 0.2) is 0 Å². The molecule has 0 unspecified atom stereocenters. The molecule has 1 aromatic rings. The van der Waals surface area contributed by atoms with Crippen molar-refractivity contribution in [3.63, 3.8) is 0 Å². The molecule has 2 rings (SSSR count). The quantitative estimate of drug-likeness (QED) is 0.900. The Bertz CT molecular complexity index is 357. The number of rotatable bonds is 5. The number of ether oxygens (including phenoxy) is 1. The Hall–Kier alpha value is -0.380. The molecule has 17 heavy (non-hydrogen) atoms. The van der Waals surface area contributed by atoms with Crippen LogP contribution in [0.4, 0.5) is 0 Å². The van der Waals surface area contributed by atoms with Crippen LogP contribution in [0, 0.1) is 5.92 Å². The normalized spacial score (nSPS) is 16.9. The fourth-order valence-corrected chi connectivity index (χ4v) is 2.27. The lowest BCUT2D eigenvalue weighted by molar-refractivity contribution is -0.0357. The minimum absolute atomic E-state index is 0.0330. The third kappa shape index (κ3) is 3.54. The SMILES string of the molecule is CC(C)(NCCC1COC1)c1ccc(Br)cc1. The van der Waals surface area contributed by atoms with Gasteiger partial charge in [-0.1, -0.05) is 28.1 Å². The average molecular weight is 298 g/mol. The van der Waals surface area contributed by atoms with E-state index in [4.69, 9.17) is 4.74 Å². The molecule has 94 valence electrons. The molecule has 0 saturated carbocycles. The van der Waals surface area contributed by atoms with Gasteiger partial charge in [0.2, 0.25) is 0 Å². The Balaban J connectivity index is 1.86. The lowest BCUT2D eigenvalue weighted by Crippen LogP contribution is -2.39. The molecule has 1 fully saturated rings. The van der Waals surface area contributed by atoms with Gasteiger partial charge in [-0.2, -0.15) is 0 Å². The minimum Gasteiger partial charge on any atom is -0.381 e. The maximum absolute atomic E-state index is 5.18. The molecule has 1 aliphatic heterocycles. The maximum Gasteiger partial charge on any atom is 0.0516 e. The summed E-state index contributed by atoms with van der Waals surface area (Å²) in [6, 6.07) is 8.53. The van der Waals surface area contributed by atoms with Crippen LogP contribution in [0.1, 0.15) is 25.8 Å². The predicted octanol–water partition coefficient (Wildman–Crippen LogP) is 3.31. The molecular weight excluding hydrogens is 278 g/mol. The van der Waals surface area contributed by atoms with Gasteiger partial charge in [-0.3, -0.25) is 0 Å². The van der Waals surface area contributed by atoms with Gasteiger partial charge in [0, 0.05) is 15.9 Å². The number of nitrogens with one attached hydrogen (secondary N) is 1. The minimum atomic E-state index is 0.0330. The van der Waals surface area contributed by atoms with E-state index in [1.807, 2.05) is 0 Å². The molecule has 1 heterocycles. The summed E-state index contributed by atoms with van der Waals surface area (Å²) < 4.78 is 6.31. The first kappa shape index (κ1) is 13.1. The van der Waals surface area contributed by atoms with Crippen LogP contribution in [0.2, 0.25) is 0 Å². The first-order chi connectivity index (χ1) is 8.08. The second kappa shape index (κ2) is 5.51. The molecule has 2 nitrogen and oxygen atoms in total. The van der Waals surface area contributed by atoms with E-state index in [-0.39, 0.29) is 5.54 Å². The zero-order chi connectivity index (χ0) is 12.3. The van der Waals surface area contributed by atoms with Crippen LogP contribution in [0.5, 0.6) is 0 Å². The van der Waals surface area contributed by atoms with Crippen LogP contribution in [0.25, 0.3) is 0 Å². The third-order valence-corrected chi connectivity index (χ3v) is 3.92. The van der Waals surface area contributed by atoms with Crippen LogP contribution in [-0.4, -0.2) is 19.8 Å². The third-order valence-electron chi connectivity index (χ3n) is 3.39. The monoisotopic (exact) mass is 297 g/mol. The van der Waals surface area contributed by atoms with Gasteiger partial charge in [0.05, 0.1) is 13.2 Å². The first-order valence-corrected chi connectivity index (χ1v) is 6.96. The summed E-state index contributed by atoms with van der Waals surface area (Å²) in [7, 11) is 0. The summed E-state index contributed by atoms with van der Waals surface area (Å²) in [5, 5.41) is 3.62. The molecule has 0 aliphatic carbocycles. The summed E-state index contributed by atoms with van der Waals surface area (Å²) in [6.45, 7) is 7.40. The van der Waals surface area contributed by atoms with E-state index in [0.717, 1.165) is 30.1 Å². The molecule has 0 amide bonds. The first-order valence-electron chi connectivity index (χ1n) is 6.17. The van der Waals surface area contributed by atoms with Crippen molar-refractivity contribution in [3.05, 3.63) is 34.3 Å². The standard InChI is InChI=1S/C14H20BrNO/c1-14(2,12-3-5-13(15)6-4-12)16-8-7-11-9-17-10-11/h3-6,11,16H,7-10H2,1-2H3. The van der Waals surface area contributed by atoms with E-state index in [9.17, 15) is 0 Å². The molecule has 1 saturated heterocycles. The largest absolute Gasteiger partial charge is 0.381 e. The van der Waals surface area contributed by atoms with E-state index in [1.165, 1.54) is 12.0 Å². The fourth-order valence-electron chi connectivity index (χ4n) is 2.01. The van der Waals surface area contributed by atoms with Crippen molar-refractivity contribution >= 4 is 15.9 Å². The van der Waals surface area contributed by atoms with Crippen LogP contribution in [-0.2, 0) is 10.3 Å². The highest BCUT2D eigenvalue weighted by Gasteiger charge is 2.22. The molecule has 0 bridgehead atoms. The average Bonchev–Trinajstić information content (AvgIpc) is 2.22. The van der Waals surface area contributed by atoms with Crippen molar-refractivity contribution in [2.75, 3.05) is 19.8 Å². The van der Waals surface area contributed by atoms with Crippen LogP contribution < -0.4 is 5.32 Å². The molecular formula is C14H20BrNO. The number of benzene rings is 1. The zero-order valence-electron chi connectivity index (χ0n) is 10.5. The zero-order valence-corrected chi connectivity index (χ0v) is 12.1. The Morgan fingerprint density at radius 1 is 1.29 bits per heavy atom. The van der Waals surface area contributed by atoms with Crippen LogP contribution in [0.3, 0.4) is 0 Å². The molecule has 0 aromatic heterocycles. The van der Waals surface area contributed by atoms with Crippen molar-refractivity contribution in [1.82, 2.24) is 5.32 Å². The van der Waals surface area contributed by atoms with Crippen molar-refractivity contribution < 1.29 is 4.74 Å². The molecule has 0 atom stereocenters. The molecule has 3 heteroatoms. The van der Waals surface area contributed by atoms with Crippen molar-refractivity contribution in [3.8, 4) is 0 Å². The highest BCUT2D eigenvalue weighted by molar-refractivity contribution is 9.10. The Morgan fingerprint density at radius 3 is 2.47 bits per heavy atom. The van der Waals surface area contributed by atoms with E-state index >= 15 is 0 Å². The molecule has 1 N–H and O–H groups in total. The van der Waals surface area contributed by atoms with Gasteiger partial charge < -0.3 is 10.1 Å². The van der Waals surface area contributed by atoms with Gasteiger partial charge in [-0.15, -0.1) is 0 Å². The van der Waals surface area contributed by atoms with E-state index in [1.54, 1.807) is 0 Å². The molecule has 1 aromatic carbocycles. The second-order valence-electron chi connectivity index (χ2n) is 5.25. The topological polar surface area (TPSA) is 21.3 Å². The van der Waals surface area contributed by atoms with Gasteiger partial charge in [0.25, 0.3) is 0 Å². The summed E-state index contributed by atoms with van der Waals surface area (Å²) >= 11 is 3.47. The van der Waals surface area contributed by atoms with Gasteiger partial charge in [-0.25, -0.2) is 0 Å². The van der Waals surface area contributed by atoms with Gasteiger partial charge in [0.1, 0.15) is 0 Å². The highest BCUT2D eigenvalue weighted by atomic mass is 79.9. The van der Waals surface area contributed by atoms with Crippen LogP contribution >= 0.6 is 15.9 Å². The predicted molar refractivity (Wildman–Crippen MR) is 74.1 cm³/mol. The van der Waals surface area contributed by atoms with Crippen LogP contribution in [0.15, 0.2) is 28.7 Å². The highest BCUT2D eigenvalue weighted by Crippen LogP contribution is 2.22. The lowest BCUT2D eigenvalue weighted by Gasteiger charge is -2.30. The summed E-state index contributed by atoms with van der Waals surface area (Å²) in [5.74, 6) is 0.767. The Morgan fingerprint density at radius 2 is 1.94 bits per heavy atom. The second-order valence-corrected chi connectivity index (χ2v) is 6.17. The summed E-state index contributed by atoms with van der Waals surface area (Å²) in [5.41, 5.74) is 1.36. The van der Waals surface area contributed by atoms with Crippen molar-refractivity contribution in [2.24, 2.45) is 5.92 Å². The van der Waals surface area contributed by atoms with E-state index in [0.29, 0.717) is 0 Å². The maximum atomic E-state index is 5.18. The summed E-state index contributed by atoms with van der Waals surface area (Å²) in [4.78, 5) is 0. The Labute approximate surface area is 112 Å². The molecule has 1 aliphatic rings. The number of halogens is 1. The fraction of sp³-hybridized carbons (Fsp3) is 0.571. The smallest absolute Gasteiger partial charge is 0.0516 e. The lowest BCUT2D eigenvalue weighted by atomic mass is 9.93. The van der Waals surface area contributed by atoms with Crippen molar-refractivity contribution in [2.45, 2.75) is 25.8 Å². The van der Waals surface area contributed by atoms with Gasteiger partial charge in [-0.05, 0) is 44.5 Å². The molecule has 0 spiro atoms. The molecule has 0 radical (unpaired) electrons.